The van der Waals surface area contributed by atoms with Crippen molar-refractivity contribution in [3.8, 4) is 0 Å². The number of ether oxygens (including phenoxy) is 2. The van der Waals surface area contributed by atoms with Crippen LogP contribution in [0.15, 0.2) is 11.5 Å². The minimum atomic E-state index is -1.98. The van der Waals surface area contributed by atoms with E-state index in [9.17, 15) is 30.0 Å². The van der Waals surface area contributed by atoms with Crippen LogP contribution in [0.3, 0.4) is 0 Å². The lowest BCUT2D eigenvalue weighted by atomic mass is 10.0. The van der Waals surface area contributed by atoms with Gasteiger partial charge in [0.15, 0.2) is 18.0 Å². The first kappa shape index (κ1) is 26.2. The van der Waals surface area contributed by atoms with Gasteiger partial charge in [0.05, 0.1) is 0 Å². The summed E-state index contributed by atoms with van der Waals surface area (Å²) >= 11 is 0. The summed E-state index contributed by atoms with van der Waals surface area (Å²) < 4.78 is 9.23. The summed E-state index contributed by atoms with van der Waals surface area (Å²) in [5.41, 5.74) is 0. The molecule has 1 rings (SSSR count). The van der Waals surface area contributed by atoms with Crippen molar-refractivity contribution in [1.29, 1.82) is 0 Å². The highest BCUT2D eigenvalue weighted by Gasteiger charge is 2.43. The van der Waals surface area contributed by atoms with Gasteiger partial charge in [-0.3, -0.25) is 4.79 Å². The van der Waals surface area contributed by atoms with Crippen LogP contribution in [-0.4, -0.2) is 50.9 Å². The Labute approximate surface area is 178 Å². The zero-order valence-electron chi connectivity index (χ0n) is 18.1. The molecule has 0 bridgehead atoms. The number of unbranched alkanes of at least 4 members (excludes halogenated alkanes) is 12. The van der Waals surface area contributed by atoms with Crippen LogP contribution in [0.1, 0.15) is 96.8 Å². The topological polar surface area (TPSA) is 134 Å². The number of carbonyl (C=O) groups excluding carboxylic acids is 2. The van der Waals surface area contributed by atoms with Crippen molar-refractivity contribution < 1.29 is 39.5 Å². The maximum absolute atomic E-state index is 11.8. The maximum atomic E-state index is 11.8. The van der Waals surface area contributed by atoms with E-state index >= 15 is 0 Å². The summed E-state index contributed by atoms with van der Waals surface area (Å²) in [7, 11) is 0. The summed E-state index contributed by atoms with van der Waals surface area (Å²) in [6, 6.07) is 0. The van der Waals surface area contributed by atoms with Gasteiger partial charge in [-0.2, -0.15) is 0 Å². The summed E-state index contributed by atoms with van der Waals surface area (Å²) in [6.45, 7) is 2.23. The number of esters is 2. The predicted molar refractivity (Wildman–Crippen MR) is 111 cm³/mol. The second-order valence-electron chi connectivity index (χ2n) is 7.92. The predicted octanol–water partition coefficient (Wildman–Crippen LogP) is 3.94. The van der Waals surface area contributed by atoms with Gasteiger partial charge in [-0.15, -0.1) is 0 Å². The number of aliphatic hydroxyl groups excluding tert-OH is 4. The third-order valence-electron chi connectivity index (χ3n) is 5.28. The summed E-state index contributed by atoms with van der Waals surface area (Å²) in [5, 5.41) is 38.3. The Morgan fingerprint density at radius 1 is 0.900 bits per heavy atom. The molecule has 8 heteroatoms. The first-order chi connectivity index (χ1) is 14.4. The highest BCUT2D eigenvalue weighted by Crippen LogP contribution is 2.23. The van der Waals surface area contributed by atoms with Gasteiger partial charge in [-0.1, -0.05) is 84.0 Å². The molecule has 8 nitrogen and oxygen atoms in total. The van der Waals surface area contributed by atoms with Crippen LogP contribution >= 0.6 is 0 Å². The van der Waals surface area contributed by atoms with Crippen LogP contribution in [0.2, 0.25) is 0 Å². The van der Waals surface area contributed by atoms with Crippen LogP contribution in [-0.2, 0) is 19.1 Å². The monoisotopic (exact) mass is 430 g/mol. The lowest BCUT2D eigenvalue weighted by molar-refractivity contribution is -0.200. The Morgan fingerprint density at radius 3 is 1.80 bits per heavy atom. The van der Waals surface area contributed by atoms with Crippen LogP contribution in [0.25, 0.3) is 0 Å². The van der Waals surface area contributed by atoms with Crippen molar-refractivity contribution in [2.75, 3.05) is 0 Å². The van der Waals surface area contributed by atoms with Crippen molar-refractivity contribution >= 4 is 11.9 Å². The molecule has 0 amide bonds. The van der Waals surface area contributed by atoms with Crippen molar-refractivity contribution in [2.24, 2.45) is 0 Å². The lowest BCUT2D eigenvalue weighted by Crippen LogP contribution is -2.41. The van der Waals surface area contributed by atoms with Crippen LogP contribution < -0.4 is 0 Å². The molecule has 0 aromatic carbocycles. The van der Waals surface area contributed by atoms with Crippen molar-refractivity contribution in [1.82, 2.24) is 0 Å². The van der Waals surface area contributed by atoms with Crippen molar-refractivity contribution in [3.05, 3.63) is 11.5 Å². The van der Waals surface area contributed by atoms with E-state index in [0.29, 0.717) is 6.42 Å². The van der Waals surface area contributed by atoms with E-state index in [0.717, 1.165) is 19.3 Å². The standard InChI is InChI=1S/C22H38O8/c1-2-3-4-5-6-7-8-9-10-11-12-13-14-15-16(23)29-22(28)19(26)20-17(24)18(25)21(27)30-20/h19-20,22,24-26,28H,2-15H2,1H3/t19-,20+,22?/m1/s1. The van der Waals surface area contributed by atoms with Gasteiger partial charge in [-0.05, 0) is 6.42 Å². The molecule has 3 atom stereocenters. The Morgan fingerprint density at radius 2 is 1.37 bits per heavy atom. The Kier molecular flexibility index (Phi) is 13.2. The number of cyclic esters (lactones) is 1. The SMILES string of the molecule is CCCCCCCCCCCCCCCC(=O)OC(O)[C@H](O)[C@H]1OC(=O)C(O)=C1O. The molecule has 174 valence electrons. The van der Waals surface area contributed by atoms with Crippen molar-refractivity contribution in [2.45, 2.75) is 115 Å². The number of aliphatic hydroxyl groups is 4. The molecule has 30 heavy (non-hydrogen) atoms. The Bertz CT molecular complexity index is 545. The van der Waals surface area contributed by atoms with Gasteiger partial charge < -0.3 is 29.9 Å². The quantitative estimate of drug-likeness (QED) is 0.155. The Balaban J connectivity index is 2.01. The fraction of sp³-hybridized carbons (Fsp3) is 0.818. The molecule has 0 fully saturated rings. The van der Waals surface area contributed by atoms with E-state index in [1.165, 1.54) is 57.8 Å². The molecule has 1 unspecified atom stereocenters. The highest BCUT2D eigenvalue weighted by atomic mass is 16.7. The molecule has 0 aromatic heterocycles. The Hall–Kier alpha value is -1.80. The van der Waals surface area contributed by atoms with E-state index in [2.05, 4.69) is 11.7 Å². The second-order valence-corrected chi connectivity index (χ2v) is 7.92. The molecule has 0 aliphatic carbocycles. The van der Waals surface area contributed by atoms with Crippen LogP contribution in [0.4, 0.5) is 0 Å². The molecule has 0 saturated heterocycles. The number of hydrogen-bond donors (Lipinski definition) is 4. The third-order valence-corrected chi connectivity index (χ3v) is 5.28. The van der Waals surface area contributed by atoms with Gasteiger partial charge >= 0.3 is 11.9 Å². The minimum absolute atomic E-state index is 0.0963. The smallest absolute Gasteiger partial charge is 0.377 e. The first-order valence-corrected chi connectivity index (χ1v) is 11.3. The average molecular weight is 431 g/mol. The molecule has 1 aliphatic heterocycles. The van der Waals surface area contributed by atoms with E-state index in [1.54, 1.807) is 0 Å². The molecular weight excluding hydrogens is 392 g/mol. The van der Waals surface area contributed by atoms with E-state index in [-0.39, 0.29) is 6.42 Å². The van der Waals surface area contributed by atoms with Gasteiger partial charge in [0.1, 0.15) is 0 Å². The molecular formula is C22H38O8. The van der Waals surface area contributed by atoms with E-state index in [1.807, 2.05) is 0 Å². The number of carbonyl (C=O) groups is 2. The van der Waals surface area contributed by atoms with Gasteiger partial charge in [0, 0.05) is 6.42 Å². The van der Waals surface area contributed by atoms with Crippen LogP contribution in [0, 0.1) is 0 Å². The lowest BCUT2D eigenvalue weighted by Gasteiger charge is -2.22. The maximum Gasteiger partial charge on any atom is 0.377 e. The fourth-order valence-electron chi connectivity index (χ4n) is 3.40. The molecule has 0 radical (unpaired) electrons. The average Bonchev–Trinajstić information content (AvgIpc) is 2.98. The second kappa shape index (κ2) is 15.1. The van der Waals surface area contributed by atoms with Gasteiger partial charge in [-0.25, -0.2) is 4.79 Å². The highest BCUT2D eigenvalue weighted by molar-refractivity contribution is 5.89. The molecule has 1 aliphatic rings. The largest absolute Gasteiger partial charge is 0.505 e. The molecule has 4 N–H and O–H groups in total. The zero-order valence-corrected chi connectivity index (χ0v) is 18.1. The molecule has 0 spiro atoms. The third kappa shape index (κ3) is 9.80. The molecule has 0 aromatic rings. The number of rotatable bonds is 17. The summed E-state index contributed by atoms with van der Waals surface area (Å²) in [6.07, 6.45) is 9.93. The minimum Gasteiger partial charge on any atom is -0.505 e. The van der Waals surface area contributed by atoms with E-state index in [4.69, 9.17) is 4.74 Å². The van der Waals surface area contributed by atoms with Crippen molar-refractivity contribution in [3.63, 3.8) is 0 Å². The molecule has 1 heterocycles. The van der Waals surface area contributed by atoms with E-state index < -0.39 is 42.0 Å². The fourth-order valence-corrected chi connectivity index (χ4v) is 3.40. The van der Waals surface area contributed by atoms with Gasteiger partial charge in [0.25, 0.3) is 0 Å². The molecule has 0 saturated carbocycles. The summed E-state index contributed by atoms with van der Waals surface area (Å²) in [5.74, 6) is -3.85. The number of hydrogen-bond acceptors (Lipinski definition) is 8. The van der Waals surface area contributed by atoms with Gasteiger partial charge in [0.2, 0.25) is 12.0 Å². The van der Waals surface area contributed by atoms with Crippen LogP contribution in [0.5, 0.6) is 0 Å². The first-order valence-electron chi connectivity index (χ1n) is 11.3. The normalized spacial score (nSPS) is 18.4. The summed E-state index contributed by atoms with van der Waals surface area (Å²) in [4.78, 5) is 22.9. The zero-order chi connectivity index (χ0) is 22.4.